The van der Waals surface area contributed by atoms with Crippen molar-refractivity contribution in [2.75, 3.05) is 6.61 Å². The smallest absolute Gasteiger partial charge is 0.160 e. The van der Waals surface area contributed by atoms with E-state index in [1.807, 2.05) is 48.3 Å². The van der Waals surface area contributed by atoms with Crippen LogP contribution in [-0.2, 0) is 20.0 Å². The Balaban J connectivity index is 1.62. The number of nitrogens with zero attached hydrogens (tertiary/aromatic N) is 5. The molecule has 3 heterocycles. The van der Waals surface area contributed by atoms with Crippen LogP contribution in [0.25, 0.3) is 16.8 Å². The quantitative estimate of drug-likeness (QED) is 0.544. The molecule has 0 radical (unpaired) electrons. The van der Waals surface area contributed by atoms with E-state index in [1.165, 1.54) is 12.1 Å². The Morgan fingerprint density at radius 1 is 1.14 bits per heavy atom. The second kappa shape index (κ2) is 7.63. The largest absolute Gasteiger partial charge is 0.492 e. The second-order valence-corrected chi connectivity index (χ2v) is 6.98. The Morgan fingerprint density at radius 3 is 2.69 bits per heavy atom. The zero-order valence-corrected chi connectivity index (χ0v) is 16.7. The van der Waals surface area contributed by atoms with Gasteiger partial charge >= 0.3 is 0 Å². The van der Waals surface area contributed by atoms with Crippen LogP contribution in [0, 0.1) is 19.7 Å². The van der Waals surface area contributed by atoms with Gasteiger partial charge in [-0.25, -0.2) is 4.39 Å². The van der Waals surface area contributed by atoms with Gasteiger partial charge in [-0.05, 0) is 43.7 Å². The fourth-order valence-corrected chi connectivity index (χ4v) is 3.53. The Kier molecular flexibility index (Phi) is 5.02. The molecule has 0 fully saturated rings. The molecule has 0 aliphatic heterocycles. The lowest BCUT2D eigenvalue weighted by molar-refractivity contribution is 0.321. The third-order valence-electron chi connectivity index (χ3n) is 5.18. The molecule has 0 saturated heterocycles. The number of pyridine rings is 1. The molecule has 3 aromatic heterocycles. The summed E-state index contributed by atoms with van der Waals surface area (Å²) in [7, 11) is 1.92. The highest BCUT2D eigenvalue weighted by molar-refractivity contribution is 5.71. The first-order valence-electron chi connectivity index (χ1n) is 9.43. The van der Waals surface area contributed by atoms with Gasteiger partial charge < -0.3 is 10.5 Å². The molecule has 7 nitrogen and oxygen atoms in total. The van der Waals surface area contributed by atoms with Gasteiger partial charge in [-0.1, -0.05) is 0 Å². The Hall–Kier alpha value is -3.26. The fraction of sp³-hybridized carbons (Fsp3) is 0.286. The topological polar surface area (TPSA) is 83.3 Å². The molecule has 4 rings (SSSR count). The number of aromatic nitrogens is 5. The van der Waals surface area contributed by atoms with E-state index in [0.717, 1.165) is 28.1 Å². The minimum atomic E-state index is -0.342. The third-order valence-corrected chi connectivity index (χ3v) is 5.18. The average molecular weight is 394 g/mol. The number of hydrogen-bond donors (Lipinski definition) is 1. The molecule has 8 heteroatoms. The molecule has 1 aromatic carbocycles. The molecular weight excluding hydrogens is 371 g/mol. The van der Waals surface area contributed by atoms with E-state index in [2.05, 4.69) is 15.3 Å². The van der Waals surface area contributed by atoms with Gasteiger partial charge in [0.05, 0.1) is 18.8 Å². The molecule has 0 amide bonds. The van der Waals surface area contributed by atoms with Crippen molar-refractivity contribution in [2.45, 2.75) is 26.8 Å². The maximum absolute atomic E-state index is 13.9. The number of halogens is 1. The Labute approximate surface area is 167 Å². The van der Waals surface area contributed by atoms with Crippen molar-refractivity contribution >= 4 is 5.65 Å². The first-order valence-corrected chi connectivity index (χ1v) is 9.43. The van der Waals surface area contributed by atoms with Gasteiger partial charge in [-0.15, -0.1) is 10.2 Å². The van der Waals surface area contributed by atoms with Crippen LogP contribution in [0.5, 0.6) is 5.75 Å². The van der Waals surface area contributed by atoms with Crippen LogP contribution in [0.3, 0.4) is 0 Å². The second-order valence-electron chi connectivity index (χ2n) is 6.98. The number of nitrogens with two attached hydrogens (primary N) is 1. The Bertz CT molecular complexity index is 1180. The summed E-state index contributed by atoms with van der Waals surface area (Å²) in [5, 5.41) is 12.6. The summed E-state index contributed by atoms with van der Waals surface area (Å²) < 4.78 is 23.6. The van der Waals surface area contributed by atoms with Crippen LogP contribution < -0.4 is 10.5 Å². The van der Waals surface area contributed by atoms with E-state index in [0.29, 0.717) is 30.2 Å². The first kappa shape index (κ1) is 19.1. The molecule has 150 valence electrons. The summed E-state index contributed by atoms with van der Waals surface area (Å²) in [6, 6.07) is 8.34. The summed E-state index contributed by atoms with van der Waals surface area (Å²) >= 11 is 0. The number of ether oxygens (including phenoxy) is 1. The van der Waals surface area contributed by atoms with Gasteiger partial charge in [-0.3, -0.25) is 9.08 Å². The third kappa shape index (κ3) is 3.58. The van der Waals surface area contributed by atoms with E-state index < -0.39 is 0 Å². The number of hydrogen-bond acceptors (Lipinski definition) is 5. The first-order chi connectivity index (χ1) is 14.0. The van der Waals surface area contributed by atoms with Gasteiger partial charge in [0.1, 0.15) is 11.6 Å². The van der Waals surface area contributed by atoms with Crippen LogP contribution in [0.1, 0.15) is 22.8 Å². The van der Waals surface area contributed by atoms with E-state index >= 15 is 0 Å². The lowest BCUT2D eigenvalue weighted by Gasteiger charge is -2.13. The van der Waals surface area contributed by atoms with Crippen molar-refractivity contribution in [3.63, 3.8) is 0 Å². The van der Waals surface area contributed by atoms with Crippen molar-refractivity contribution in [3.8, 4) is 16.9 Å². The van der Waals surface area contributed by atoms with Gasteiger partial charge in [0.2, 0.25) is 0 Å². The van der Waals surface area contributed by atoms with Crippen molar-refractivity contribution in [2.24, 2.45) is 12.8 Å². The molecule has 2 N–H and O–H groups in total. The average Bonchev–Trinajstić information content (AvgIpc) is 3.22. The van der Waals surface area contributed by atoms with Crippen LogP contribution in [0.2, 0.25) is 0 Å². The zero-order valence-electron chi connectivity index (χ0n) is 16.7. The molecule has 0 spiro atoms. The summed E-state index contributed by atoms with van der Waals surface area (Å²) in [6.45, 7) is 4.72. The van der Waals surface area contributed by atoms with Gasteiger partial charge in [-0.2, -0.15) is 5.10 Å². The highest BCUT2D eigenvalue weighted by atomic mass is 19.1. The van der Waals surface area contributed by atoms with E-state index in [4.69, 9.17) is 10.5 Å². The van der Waals surface area contributed by atoms with Crippen molar-refractivity contribution < 1.29 is 9.13 Å². The van der Waals surface area contributed by atoms with E-state index in [9.17, 15) is 4.39 Å². The number of rotatable bonds is 6. The zero-order chi connectivity index (χ0) is 20.5. The molecular formula is C21H23FN6O. The summed E-state index contributed by atoms with van der Waals surface area (Å²) in [6.07, 6.45) is 2.59. The number of aryl methyl sites for hydroxylation is 2. The monoisotopic (exact) mass is 394 g/mol. The van der Waals surface area contributed by atoms with Crippen LogP contribution in [-0.4, -0.2) is 31.0 Å². The summed E-state index contributed by atoms with van der Waals surface area (Å²) in [5.74, 6) is 0.811. The van der Waals surface area contributed by atoms with Gasteiger partial charge in [0.15, 0.2) is 11.5 Å². The SMILES string of the molecule is Cc1nn(C)c(C)c1CCOc1cc(F)ccc1-c1ccc2nnc(CN)n2c1. The summed E-state index contributed by atoms with van der Waals surface area (Å²) in [5.41, 5.74) is 11.4. The van der Waals surface area contributed by atoms with Crippen molar-refractivity contribution in [1.29, 1.82) is 0 Å². The highest BCUT2D eigenvalue weighted by Gasteiger charge is 2.13. The number of fused-ring (bicyclic) bond motifs is 1. The standard InChI is InChI=1S/C21H23FN6O/c1-13-17(14(2)27(3)26-13)8-9-29-19-10-16(22)5-6-18(19)15-4-7-20-24-25-21(11-23)28(20)12-15/h4-7,10,12H,8-9,11,23H2,1-3H3. The lowest BCUT2D eigenvalue weighted by atomic mass is 10.1. The molecule has 29 heavy (non-hydrogen) atoms. The Morgan fingerprint density at radius 2 is 1.97 bits per heavy atom. The number of benzene rings is 1. The summed E-state index contributed by atoms with van der Waals surface area (Å²) in [4.78, 5) is 0. The molecule has 4 aromatic rings. The van der Waals surface area contributed by atoms with Crippen LogP contribution >= 0.6 is 0 Å². The highest BCUT2D eigenvalue weighted by Crippen LogP contribution is 2.31. The molecule has 0 atom stereocenters. The normalized spacial score (nSPS) is 11.3. The minimum absolute atomic E-state index is 0.279. The van der Waals surface area contributed by atoms with Crippen molar-refractivity contribution in [1.82, 2.24) is 24.4 Å². The van der Waals surface area contributed by atoms with Gasteiger partial charge in [0.25, 0.3) is 0 Å². The fourth-order valence-electron chi connectivity index (χ4n) is 3.53. The van der Waals surface area contributed by atoms with Crippen molar-refractivity contribution in [3.05, 3.63) is 65.1 Å². The predicted molar refractivity (Wildman–Crippen MR) is 108 cm³/mol. The van der Waals surface area contributed by atoms with Gasteiger partial charge in [0, 0.05) is 42.6 Å². The van der Waals surface area contributed by atoms with Crippen LogP contribution in [0.15, 0.2) is 36.5 Å². The minimum Gasteiger partial charge on any atom is -0.492 e. The molecule has 0 aliphatic rings. The predicted octanol–water partition coefficient (Wildman–Crippen LogP) is 2.97. The van der Waals surface area contributed by atoms with E-state index in [1.54, 1.807) is 6.07 Å². The molecule has 0 bridgehead atoms. The van der Waals surface area contributed by atoms with Crippen LogP contribution in [0.4, 0.5) is 4.39 Å². The molecule has 0 aliphatic carbocycles. The maximum Gasteiger partial charge on any atom is 0.160 e. The lowest BCUT2D eigenvalue weighted by Crippen LogP contribution is -2.05. The molecule has 0 saturated carbocycles. The molecule has 0 unspecified atom stereocenters. The van der Waals surface area contributed by atoms with E-state index in [-0.39, 0.29) is 12.4 Å². The maximum atomic E-state index is 13.9.